The van der Waals surface area contributed by atoms with Crippen molar-refractivity contribution < 1.29 is 14.3 Å². The Kier molecular flexibility index (Phi) is 3.58. The Morgan fingerprint density at radius 1 is 1.47 bits per heavy atom. The molecule has 0 aromatic heterocycles. The number of amides is 1. The Balaban J connectivity index is 1.87. The number of aromatic hydroxyl groups is 1. The van der Waals surface area contributed by atoms with Crippen LogP contribution < -0.4 is 10.6 Å². The van der Waals surface area contributed by atoms with E-state index in [-0.39, 0.29) is 17.7 Å². The molecule has 0 saturated carbocycles. The van der Waals surface area contributed by atoms with Crippen LogP contribution in [0.3, 0.4) is 0 Å². The summed E-state index contributed by atoms with van der Waals surface area (Å²) in [5.41, 5.74) is 0.694. The Hall–Kier alpha value is -1.62. The molecule has 1 aromatic carbocycles. The van der Waals surface area contributed by atoms with Gasteiger partial charge in [-0.1, -0.05) is 0 Å². The number of phenols is 1. The molecule has 1 amide bonds. The molecule has 1 fully saturated rings. The van der Waals surface area contributed by atoms with Crippen LogP contribution in [0.2, 0.25) is 0 Å². The number of carbonyl (C=O) groups is 1. The number of phenolic OH excluding ortho intramolecular Hbond substituents is 1. The fourth-order valence-electron chi connectivity index (χ4n) is 1.90. The maximum atomic E-state index is 13.0. The highest BCUT2D eigenvalue weighted by Gasteiger charge is 2.17. The van der Waals surface area contributed by atoms with Crippen molar-refractivity contribution >= 4 is 5.91 Å². The van der Waals surface area contributed by atoms with Gasteiger partial charge >= 0.3 is 0 Å². The van der Waals surface area contributed by atoms with Gasteiger partial charge in [-0.15, -0.1) is 0 Å². The fraction of sp³-hybridized carbons (Fsp3) is 0.417. The predicted molar refractivity (Wildman–Crippen MR) is 60.9 cm³/mol. The first-order chi connectivity index (χ1) is 8.13. The number of halogens is 1. The van der Waals surface area contributed by atoms with Crippen molar-refractivity contribution in [1.29, 1.82) is 0 Å². The number of carbonyl (C=O) groups excluding carboxylic acids is 1. The zero-order valence-corrected chi connectivity index (χ0v) is 9.37. The van der Waals surface area contributed by atoms with E-state index in [4.69, 9.17) is 0 Å². The summed E-state index contributed by atoms with van der Waals surface area (Å²) in [5, 5.41) is 15.2. The number of piperidine rings is 1. The maximum absolute atomic E-state index is 13.0. The predicted octanol–water partition coefficient (Wildman–Crippen LogP) is 0.899. The van der Waals surface area contributed by atoms with E-state index in [1.165, 1.54) is 12.1 Å². The van der Waals surface area contributed by atoms with Crippen LogP contribution in [0.5, 0.6) is 5.75 Å². The van der Waals surface area contributed by atoms with Gasteiger partial charge in [0.1, 0.15) is 11.6 Å². The first-order valence-corrected chi connectivity index (χ1v) is 5.62. The Labute approximate surface area is 98.8 Å². The molecule has 1 heterocycles. The topological polar surface area (TPSA) is 61.4 Å². The average Bonchev–Trinajstić information content (AvgIpc) is 2.27. The van der Waals surface area contributed by atoms with Crippen molar-refractivity contribution in [2.75, 3.05) is 6.54 Å². The summed E-state index contributed by atoms with van der Waals surface area (Å²) in [6.45, 7) is 1.08. The third-order valence-electron chi connectivity index (χ3n) is 2.80. The van der Waals surface area contributed by atoms with Gasteiger partial charge < -0.3 is 15.7 Å². The van der Waals surface area contributed by atoms with E-state index in [0.29, 0.717) is 25.1 Å². The zero-order chi connectivity index (χ0) is 12.3. The molecule has 4 nitrogen and oxygen atoms in total. The summed E-state index contributed by atoms with van der Waals surface area (Å²) in [4.78, 5) is 11.0. The molecule has 1 saturated heterocycles. The molecule has 1 unspecified atom stereocenters. The lowest BCUT2D eigenvalue weighted by Gasteiger charge is -2.23. The second kappa shape index (κ2) is 5.14. The fourth-order valence-corrected chi connectivity index (χ4v) is 1.90. The van der Waals surface area contributed by atoms with Gasteiger partial charge in [0.05, 0.1) is 0 Å². The third-order valence-corrected chi connectivity index (χ3v) is 2.80. The van der Waals surface area contributed by atoms with Crippen molar-refractivity contribution in [3.8, 4) is 5.75 Å². The van der Waals surface area contributed by atoms with Gasteiger partial charge in [-0.3, -0.25) is 4.79 Å². The molecule has 0 aliphatic carbocycles. The summed E-state index contributed by atoms with van der Waals surface area (Å²) >= 11 is 0. The summed E-state index contributed by atoms with van der Waals surface area (Å²) in [7, 11) is 0. The molecule has 5 heteroatoms. The standard InChI is InChI=1S/C12H15FN2O2/c13-9-3-8(4-11(16)5-9)6-14-10-1-2-12(17)15-7-10/h3-5,10,14,16H,1-2,6-7H2,(H,15,17). The van der Waals surface area contributed by atoms with Crippen LogP contribution in [0.4, 0.5) is 4.39 Å². The summed E-state index contributed by atoms with van der Waals surface area (Å²) in [6.07, 6.45) is 1.30. The molecule has 3 N–H and O–H groups in total. The molecule has 1 aliphatic rings. The lowest BCUT2D eigenvalue weighted by molar-refractivity contribution is -0.122. The number of rotatable bonds is 3. The molecular weight excluding hydrogens is 223 g/mol. The van der Waals surface area contributed by atoms with Crippen LogP contribution in [-0.4, -0.2) is 23.6 Å². The van der Waals surface area contributed by atoms with Crippen LogP contribution in [0.15, 0.2) is 18.2 Å². The second-order valence-corrected chi connectivity index (χ2v) is 4.24. The van der Waals surface area contributed by atoms with Crippen LogP contribution in [-0.2, 0) is 11.3 Å². The first-order valence-electron chi connectivity index (χ1n) is 5.62. The van der Waals surface area contributed by atoms with Crippen LogP contribution in [0.1, 0.15) is 18.4 Å². The van der Waals surface area contributed by atoms with Crippen LogP contribution in [0, 0.1) is 5.82 Å². The van der Waals surface area contributed by atoms with E-state index >= 15 is 0 Å². The van der Waals surface area contributed by atoms with Crippen molar-refractivity contribution in [3.05, 3.63) is 29.6 Å². The Morgan fingerprint density at radius 3 is 2.94 bits per heavy atom. The normalized spacial score (nSPS) is 20.1. The van der Waals surface area contributed by atoms with E-state index in [2.05, 4.69) is 10.6 Å². The van der Waals surface area contributed by atoms with Gasteiger partial charge in [-0.25, -0.2) is 4.39 Å². The first kappa shape index (κ1) is 11.9. The second-order valence-electron chi connectivity index (χ2n) is 4.24. The van der Waals surface area contributed by atoms with Gasteiger partial charge in [0.2, 0.25) is 5.91 Å². The zero-order valence-electron chi connectivity index (χ0n) is 9.37. The minimum atomic E-state index is -0.446. The molecular formula is C12H15FN2O2. The lowest BCUT2D eigenvalue weighted by Crippen LogP contribution is -2.45. The number of benzene rings is 1. The van der Waals surface area contributed by atoms with Crippen molar-refractivity contribution in [3.63, 3.8) is 0 Å². The van der Waals surface area contributed by atoms with Crippen LogP contribution in [0.25, 0.3) is 0 Å². The summed E-state index contributed by atoms with van der Waals surface area (Å²) < 4.78 is 13.0. The molecule has 1 aliphatic heterocycles. The molecule has 1 aromatic rings. The van der Waals surface area contributed by atoms with E-state index in [0.717, 1.165) is 12.5 Å². The molecule has 92 valence electrons. The monoisotopic (exact) mass is 238 g/mol. The van der Waals surface area contributed by atoms with Gasteiger partial charge in [0.15, 0.2) is 0 Å². The van der Waals surface area contributed by atoms with E-state index in [1.54, 1.807) is 0 Å². The van der Waals surface area contributed by atoms with E-state index in [9.17, 15) is 14.3 Å². The van der Waals surface area contributed by atoms with Gasteiger partial charge in [0, 0.05) is 31.6 Å². The van der Waals surface area contributed by atoms with Gasteiger partial charge in [-0.05, 0) is 24.1 Å². The van der Waals surface area contributed by atoms with E-state index in [1.807, 2.05) is 0 Å². The number of nitrogens with one attached hydrogen (secondary N) is 2. The van der Waals surface area contributed by atoms with Crippen molar-refractivity contribution in [2.24, 2.45) is 0 Å². The highest BCUT2D eigenvalue weighted by atomic mass is 19.1. The van der Waals surface area contributed by atoms with Gasteiger partial charge in [-0.2, -0.15) is 0 Å². The summed E-state index contributed by atoms with van der Waals surface area (Å²) in [5.74, 6) is -0.441. The van der Waals surface area contributed by atoms with Crippen molar-refractivity contribution in [2.45, 2.75) is 25.4 Å². The van der Waals surface area contributed by atoms with Crippen molar-refractivity contribution in [1.82, 2.24) is 10.6 Å². The number of hydrogen-bond donors (Lipinski definition) is 3. The molecule has 0 bridgehead atoms. The average molecular weight is 238 g/mol. The molecule has 17 heavy (non-hydrogen) atoms. The van der Waals surface area contributed by atoms with Crippen LogP contribution >= 0.6 is 0 Å². The highest BCUT2D eigenvalue weighted by molar-refractivity contribution is 5.76. The molecule has 2 rings (SSSR count). The highest BCUT2D eigenvalue weighted by Crippen LogP contribution is 2.14. The lowest BCUT2D eigenvalue weighted by atomic mass is 10.1. The van der Waals surface area contributed by atoms with Gasteiger partial charge in [0.25, 0.3) is 0 Å². The Morgan fingerprint density at radius 2 is 2.29 bits per heavy atom. The minimum absolute atomic E-state index is 0.0706. The minimum Gasteiger partial charge on any atom is -0.508 e. The summed E-state index contributed by atoms with van der Waals surface area (Å²) in [6, 6.07) is 4.19. The molecule has 0 radical (unpaired) electrons. The molecule has 1 atom stereocenters. The SMILES string of the molecule is O=C1CCC(NCc2cc(O)cc(F)c2)CN1. The van der Waals surface area contributed by atoms with E-state index < -0.39 is 5.82 Å². The molecule has 0 spiro atoms. The quantitative estimate of drug-likeness (QED) is 0.733. The maximum Gasteiger partial charge on any atom is 0.220 e. The Bertz CT molecular complexity index is 393. The smallest absolute Gasteiger partial charge is 0.220 e. The largest absolute Gasteiger partial charge is 0.508 e. The number of hydrogen-bond acceptors (Lipinski definition) is 3. The third kappa shape index (κ3) is 3.42.